The first kappa shape index (κ1) is 11.0. The summed E-state index contributed by atoms with van der Waals surface area (Å²) in [6, 6.07) is 6.19. The van der Waals surface area contributed by atoms with Gasteiger partial charge in [-0.05, 0) is 17.3 Å². The zero-order chi connectivity index (χ0) is 12.3. The summed E-state index contributed by atoms with van der Waals surface area (Å²) in [5.74, 6) is 4.77. The molecule has 0 fully saturated rings. The number of anilines is 1. The lowest BCUT2D eigenvalue weighted by Crippen LogP contribution is -2.15. The van der Waals surface area contributed by atoms with E-state index in [0.29, 0.717) is 0 Å². The molecule has 0 aliphatic rings. The predicted molar refractivity (Wildman–Crippen MR) is 59.2 cm³/mol. The van der Waals surface area contributed by atoms with Gasteiger partial charge < -0.3 is 10.5 Å². The number of hydrogen-bond acceptors (Lipinski definition) is 7. The zero-order valence-corrected chi connectivity index (χ0v) is 8.66. The van der Waals surface area contributed by atoms with Crippen LogP contribution in [0.2, 0.25) is 0 Å². The molecule has 2 rings (SSSR count). The second-order valence-corrected chi connectivity index (χ2v) is 3.19. The number of aromatic hydroxyl groups is 1. The van der Waals surface area contributed by atoms with Gasteiger partial charge >= 0.3 is 0 Å². The number of hydrogen-bond donors (Lipinski definition) is 3. The average molecular weight is 231 g/mol. The van der Waals surface area contributed by atoms with Crippen LogP contribution >= 0.6 is 0 Å². The van der Waals surface area contributed by atoms with E-state index >= 15 is 0 Å². The number of nitrogens with two attached hydrogens (primary N) is 1. The summed E-state index contributed by atoms with van der Waals surface area (Å²) in [6.45, 7) is 0. The lowest BCUT2D eigenvalue weighted by Gasteiger charge is -2.06. The number of nitrogens with one attached hydrogen (secondary N) is 1. The third-order valence-electron chi connectivity index (χ3n) is 2.17. The van der Waals surface area contributed by atoms with Gasteiger partial charge in [0.1, 0.15) is 5.75 Å². The fraction of sp³-hybridized carbons (Fsp3) is 0. The van der Waals surface area contributed by atoms with Crippen LogP contribution in [0.5, 0.6) is 5.75 Å². The van der Waals surface area contributed by atoms with Crippen molar-refractivity contribution in [1.29, 1.82) is 0 Å². The molecule has 0 amide bonds. The summed E-state index contributed by atoms with van der Waals surface area (Å²) in [5, 5.41) is 20.0. The molecule has 0 unspecified atom stereocenters. The van der Waals surface area contributed by atoms with Crippen LogP contribution in [0.3, 0.4) is 0 Å². The average Bonchev–Trinajstić information content (AvgIpc) is 2.38. The fourth-order valence-corrected chi connectivity index (χ4v) is 1.35. The van der Waals surface area contributed by atoms with Gasteiger partial charge in [0.15, 0.2) is 5.82 Å². The largest absolute Gasteiger partial charge is 0.507 e. The Morgan fingerprint density at radius 2 is 2.06 bits per heavy atom. The summed E-state index contributed by atoms with van der Waals surface area (Å²) < 4.78 is 0. The molecule has 0 spiro atoms. The number of aromatic nitrogens is 3. The van der Waals surface area contributed by atoms with Crippen LogP contribution in [0.25, 0.3) is 0 Å². The van der Waals surface area contributed by atoms with E-state index in [4.69, 9.17) is 5.84 Å². The molecule has 0 saturated heterocycles. The number of para-hydroxylation sites is 1. The molecule has 86 valence electrons. The van der Waals surface area contributed by atoms with E-state index in [1.54, 1.807) is 12.1 Å². The number of rotatable bonds is 3. The monoisotopic (exact) mass is 231 g/mol. The minimum Gasteiger partial charge on any atom is -0.507 e. The van der Waals surface area contributed by atoms with E-state index in [-0.39, 0.29) is 22.7 Å². The summed E-state index contributed by atoms with van der Waals surface area (Å²) in [4.78, 5) is 12.1. The van der Waals surface area contributed by atoms with Crippen LogP contribution in [0.15, 0.2) is 30.5 Å². The second-order valence-electron chi connectivity index (χ2n) is 3.19. The molecule has 0 radical (unpaired) electrons. The highest BCUT2D eigenvalue weighted by molar-refractivity contribution is 6.13. The SMILES string of the molecule is NNc1nnncc1C(=O)c1ccccc1O. The Bertz CT molecular complexity index is 558. The quantitative estimate of drug-likeness (QED) is 0.389. The standard InChI is InChI=1S/C10H9N5O2/c11-13-10-7(5-12-15-14-10)9(17)6-3-1-2-4-8(6)16/h1-5,16H,11H2,(H,12,13,14). The lowest BCUT2D eigenvalue weighted by molar-refractivity contribution is 0.103. The topological polar surface area (TPSA) is 114 Å². The molecule has 0 aliphatic heterocycles. The molecule has 7 heteroatoms. The Morgan fingerprint density at radius 1 is 1.29 bits per heavy atom. The van der Waals surface area contributed by atoms with E-state index in [2.05, 4.69) is 20.8 Å². The van der Waals surface area contributed by atoms with Crippen LogP contribution in [0.1, 0.15) is 15.9 Å². The van der Waals surface area contributed by atoms with Crippen molar-refractivity contribution in [3.63, 3.8) is 0 Å². The smallest absolute Gasteiger partial charge is 0.202 e. The molecule has 0 atom stereocenters. The number of benzene rings is 1. The van der Waals surface area contributed by atoms with Crippen LogP contribution in [0.4, 0.5) is 5.82 Å². The van der Waals surface area contributed by atoms with E-state index < -0.39 is 5.78 Å². The van der Waals surface area contributed by atoms with Gasteiger partial charge in [-0.15, -0.1) is 10.2 Å². The third kappa shape index (κ3) is 2.04. The van der Waals surface area contributed by atoms with Crippen molar-refractivity contribution in [3.05, 3.63) is 41.6 Å². The number of hydrazine groups is 1. The number of carbonyl (C=O) groups is 1. The minimum atomic E-state index is -0.432. The first-order valence-electron chi connectivity index (χ1n) is 4.71. The van der Waals surface area contributed by atoms with Gasteiger partial charge in [-0.3, -0.25) is 4.79 Å². The molecule has 1 aromatic carbocycles. The Hall–Kier alpha value is -2.54. The Kier molecular flexibility index (Phi) is 2.93. The van der Waals surface area contributed by atoms with E-state index in [1.807, 2.05) is 0 Å². The zero-order valence-electron chi connectivity index (χ0n) is 8.66. The van der Waals surface area contributed by atoms with Crippen LogP contribution in [-0.2, 0) is 0 Å². The fourth-order valence-electron chi connectivity index (χ4n) is 1.35. The van der Waals surface area contributed by atoms with Crippen molar-refractivity contribution in [3.8, 4) is 5.75 Å². The molecule has 1 heterocycles. The second kappa shape index (κ2) is 4.54. The molecule has 7 nitrogen and oxygen atoms in total. The summed E-state index contributed by atoms with van der Waals surface area (Å²) in [7, 11) is 0. The Balaban J connectivity index is 2.48. The third-order valence-corrected chi connectivity index (χ3v) is 2.17. The van der Waals surface area contributed by atoms with Crippen molar-refractivity contribution in [2.24, 2.45) is 5.84 Å². The molecule has 1 aromatic heterocycles. The molecular weight excluding hydrogens is 222 g/mol. The van der Waals surface area contributed by atoms with Gasteiger partial charge in [-0.2, -0.15) is 0 Å². The molecule has 0 aliphatic carbocycles. The number of phenols is 1. The summed E-state index contributed by atoms with van der Waals surface area (Å²) in [6.07, 6.45) is 1.23. The predicted octanol–water partition coefficient (Wildman–Crippen LogP) is 0.0938. The Morgan fingerprint density at radius 3 is 2.76 bits per heavy atom. The maximum Gasteiger partial charge on any atom is 0.202 e. The maximum atomic E-state index is 12.1. The van der Waals surface area contributed by atoms with Gasteiger partial charge in [0, 0.05) is 0 Å². The van der Waals surface area contributed by atoms with E-state index in [0.717, 1.165) is 0 Å². The first-order chi connectivity index (χ1) is 8.24. The highest BCUT2D eigenvalue weighted by Crippen LogP contribution is 2.21. The normalized spacial score (nSPS) is 9.94. The van der Waals surface area contributed by atoms with Crippen molar-refractivity contribution in [2.75, 3.05) is 5.43 Å². The van der Waals surface area contributed by atoms with Crippen LogP contribution in [0, 0.1) is 0 Å². The molecule has 0 saturated carbocycles. The summed E-state index contributed by atoms with van der Waals surface area (Å²) in [5.41, 5.74) is 2.54. The van der Waals surface area contributed by atoms with Gasteiger partial charge in [0.05, 0.1) is 17.3 Å². The van der Waals surface area contributed by atoms with Crippen molar-refractivity contribution in [1.82, 2.24) is 15.4 Å². The number of carbonyl (C=O) groups excluding carboxylic acids is 1. The summed E-state index contributed by atoms with van der Waals surface area (Å²) >= 11 is 0. The Labute approximate surface area is 96.3 Å². The molecule has 2 aromatic rings. The van der Waals surface area contributed by atoms with Crippen molar-refractivity contribution in [2.45, 2.75) is 0 Å². The number of phenolic OH excluding ortho intramolecular Hbond substituents is 1. The molecule has 4 N–H and O–H groups in total. The van der Waals surface area contributed by atoms with Gasteiger partial charge in [-0.1, -0.05) is 12.1 Å². The highest BCUT2D eigenvalue weighted by Gasteiger charge is 2.17. The number of nitrogens with zero attached hydrogens (tertiary/aromatic N) is 3. The van der Waals surface area contributed by atoms with Gasteiger partial charge in [0.2, 0.25) is 5.78 Å². The lowest BCUT2D eigenvalue weighted by atomic mass is 10.0. The van der Waals surface area contributed by atoms with Crippen LogP contribution < -0.4 is 11.3 Å². The van der Waals surface area contributed by atoms with Crippen molar-refractivity contribution >= 4 is 11.6 Å². The first-order valence-corrected chi connectivity index (χ1v) is 4.71. The van der Waals surface area contributed by atoms with Crippen LogP contribution in [-0.4, -0.2) is 26.3 Å². The maximum absolute atomic E-state index is 12.1. The van der Waals surface area contributed by atoms with E-state index in [9.17, 15) is 9.90 Å². The molecule has 17 heavy (non-hydrogen) atoms. The highest BCUT2D eigenvalue weighted by atomic mass is 16.3. The number of ketones is 1. The number of nitrogen functional groups attached to an aromatic ring is 1. The van der Waals surface area contributed by atoms with Gasteiger partial charge in [-0.25, -0.2) is 5.84 Å². The van der Waals surface area contributed by atoms with Gasteiger partial charge in [0.25, 0.3) is 0 Å². The minimum absolute atomic E-state index is 0.105. The molecular formula is C10H9N5O2. The molecule has 0 bridgehead atoms. The van der Waals surface area contributed by atoms with E-state index in [1.165, 1.54) is 18.3 Å². The van der Waals surface area contributed by atoms with Crippen molar-refractivity contribution < 1.29 is 9.90 Å².